The summed E-state index contributed by atoms with van der Waals surface area (Å²) in [5.41, 5.74) is 7.69. The molecule has 0 atom stereocenters. The van der Waals surface area contributed by atoms with Crippen LogP contribution in [0, 0.1) is 5.92 Å². The highest BCUT2D eigenvalue weighted by molar-refractivity contribution is 5.43. The molecule has 19 heavy (non-hydrogen) atoms. The van der Waals surface area contributed by atoms with E-state index in [1.54, 1.807) is 0 Å². The predicted molar refractivity (Wildman–Crippen MR) is 77.1 cm³/mol. The molecule has 0 saturated carbocycles. The van der Waals surface area contributed by atoms with E-state index < -0.39 is 0 Å². The van der Waals surface area contributed by atoms with Gasteiger partial charge in [-0.1, -0.05) is 19.9 Å². The molecule has 1 aromatic heterocycles. The van der Waals surface area contributed by atoms with Crippen molar-refractivity contribution in [2.45, 2.75) is 26.8 Å². The summed E-state index contributed by atoms with van der Waals surface area (Å²) in [6.45, 7) is 5.84. The van der Waals surface area contributed by atoms with Gasteiger partial charge in [0.15, 0.2) is 0 Å². The van der Waals surface area contributed by atoms with Crippen LogP contribution in [0.1, 0.15) is 19.5 Å². The van der Waals surface area contributed by atoms with Crippen molar-refractivity contribution in [2.75, 3.05) is 12.3 Å². The first kappa shape index (κ1) is 13.5. The van der Waals surface area contributed by atoms with Gasteiger partial charge in [0.05, 0.1) is 12.9 Å². The quantitative estimate of drug-likeness (QED) is 0.812. The molecule has 0 unspecified atom stereocenters. The van der Waals surface area contributed by atoms with Crippen LogP contribution in [-0.4, -0.2) is 16.2 Å². The summed E-state index contributed by atoms with van der Waals surface area (Å²) in [6.07, 6.45) is 4.83. The first-order valence-electron chi connectivity index (χ1n) is 6.62. The predicted octanol–water partition coefficient (Wildman–Crippen LogP) is 2.74. The average molecular weight is 259 g/mol. The summed E-state index contributed by atoms with van der Waals surface area (Å²) >= 11 is 0. The minimum absolute atomic E-state index is 0.616. The molecule has 0 spiro atoms. The van der Waals surface area contributed by atoms with Crippen molar-refractivity contribution in [3.8, 4) is 5.75 Å². The van der Waals surface area contributed by atoms with Crippen LogP contribution in [-0.2, 0) is 13.0 Å². The zero-order chi connectivity index (χ0) is 13.7. The zero-order valence-electron chi connectivity index (χ0n) is 11.5. The Morgan fingerprint density at radius 1 is 1.37 bits per heavy atom. The van der Waals surface area contributed by atoms with Crippen molar-refractivity contribution < 1.29 is 4.74 Å². The molecule has 1 heterocycles. The number of aromatic nitrogens is 2. The summed E-state index contributed by atoms with van der Waals surface area (Å²) < 4.78 is 7.84. The van der Waals surface area contributed by atoms with Crippen molar-refractivity contribution in [1.29, 1.82) is 0 Å². The monoisotopic (exact) mass is 259 g/mol. The van der Waals surface area contributed by atoms with E-state index in [4.69, 9.17) is 10.5 Å². The molecule has 4 nitrogen and oxygen atoms in total. The van der Waals surface area contributed by atoms with Crippen LogP contribution >= 0.6 is 0 Å². The first-order valence-corrected chi connectivity index (χ1v) is 6.62. The fourth-order valence-electron chi connectivity index (χ4n) is 2.00. The van der Waals surface area contributed by atoms with Gasteiger partial charge in [0.2, 0.25) is 0 Å². The van der Waals surface area contributed by atoms with E-state index in [0.29, 0.717) is 12.5 Å². The molecule has 2 rings (SSSR count). The maximum Gasteiger partial charge on any atom is 0.121 e. The molecule has 2 aromatic rings. The molecule has 0 saturated heterocycles. The second-order valence-corrected chi connectivity index (χ2v) is 5.10. The van der Waals surface area contributed by atoms with Crippen molar-refractivity contribution in [2.24, 2.45) is 5.92 Å². The third-order valence-electron chi connectivity index (χ3n) is 2.87. The van der Waals surface area contributed by atoms with Crippen LogP contribution in [0.4, 0.5) is 5.69 Å². The van der Waals surface area contributed by atoms with Crippen LogP contribution in [0.2, 0.25) is 0 Å². The zero-order valence-corrected chi connectivity index (χ0v) is 11.5. The molecule has 2 N–H and O–H groups in total. The Bertz CT molecular complexity index is 520. The number of hydrogen-bond donors (Lipinski definition) is 1. The highest BCUT2D eigenvalue weighted by atomic mass is 16.5. The molecule has 0 aliphatic heterocycles. The second-order valence-electron chi connectivity index (χ2n) is 5.10. The Balaban J connectivity index is 1.87. The lowest BCUT2D eigenvalue weighted by atomic mass is 10.1. The van der Waals surface area contributed by atoms with E-state index in [0.717, 1.165) is 24.4 Å². The van der Waals surface area contributed by atoms with Gasteiger partial charge in [0, 0.05) is 23.6 Å². The highest BCUT2D eigenvalue weighted by Crippen LogP contribution is 2.14. The molecule has 102 valence electrons. The van der Waals surface area contributed by atoms with Crippen molar-refractivity contribution in [3.05, 3.63) is 42.5 Å². The van der Waals surface area contributed by atoms with Gasteiger partial charge in [0.25, 0.3) is 0 Å². The van der Waals surface area contributed by atoms with Gasteiger partial charge >= 0.3 is 0 Å². The van der Waals surface area contributed by atoms with Gasteiger partial charge in [-0.05, 0) is 24.5 Å². The molecule has 0 amide bonds. The van der Waals surface area contributed by atoms with Gasteiger partial charge in [0.1, 0.15) is 12.4 Å². The third kappa shape index (κ3) is 4.02. The molecule has 0 bridgehead atoms. The fourth-order valence-corrected chi connectivity index (χ4v) is 2.00. The highest BCUT2D eigenvalue weighted by Gasteiger charge is 2.04. The van der Waals surface area contributed by atoms with E-state index in [1.807, 2.05) is 36.8 Å². The summed E-state index contributed by atoms with van der Waals surface area (Å²) in [7, 11) is 0. The summed E-state index contributed by atoms with van der Waals surface area (Å²) in [5, 5.41) is 0. The number of imidazole rings is 1. The smallest absolute Gasteiger partial charge is 0.121 e. The lowest BCUT2D eigenvalue weighted by Gasteiger charge is -2.11. The molecule has 4 heteroatoms. The minimum atomic E-state index is 0.616. The SMILES string of the molecule is CC(C)Cc1cncn1CCOc1cccc(N)c1. The standard InChI is InChI=1S/C15H21N3O/c1-12(2)8-14-10-17-11-18(14)6-7-19-15-5-3-4-13(16)9-15/h3-5,9-12H,6-8,16H2,1-2H3. The Morgan fingerprint density at radius 3 is 2.95 bits per heavy atom. The van der Waals surface area contributed by atoms with Crippen molar-refractivity contribution in [1.82, 2.24) is 9.55 Å². The van der Waals surface area contributed by atoms with Gasteiger partial charge in [-0.3, -0.25) is 0 Å². The molecule has 0 fully saturated rings. The number of ether oxygens (including phenoxy) is 1. The molecule has 0 radical (unpaired) electrons. The van der Waals surface area contributed by atoms with Crippen LogP contribution in [0.3, 0.4) is 0 Å². The van der Waals surface area contributed by atoms with E-state index >= 15 is 0 Å². The van der Waals surface area contributed by atoms with Crippen LogP contribution in [0.15, 0.2) is 36.8 Å². The maximum absolute atomic E-state index is 5.71. The Labute approximate surface area is 114 Å². The fraction of sp³-hybridized carbons (Fsp3) is 0.400. The summed E-state index contributed by atoms with van der Waals surface area (Å²) in [6, 6.07) is 7.50. The van der Waals surface area contributed by atoms with Crippen molar-refractivity contribution in [3.63, 3.8) is 0 Å². The van der Waals surface area contributed by atoms with E-state index in [1.165, 1.54) is 5.69 Å². The Morgan fingerprint density at radius 2 is 2.21 bits per heavy atom. The molecular formula is C15H21N3O. The number of nitrogens with two attached hydrogens (primary N) is 1. The first-order chi connectivity index (χ1) is 9.15. The molecular weight excluding hydrogens is 238 g/mol. The third-order valence-corrected chi connectivity index (χ3v) is 2.87. The van der Waals surface area contributed by atoms with Crippen molar-refractivity contribution >= 4 is 5.69 Å². The minimum Gasteiger partial charge on any atom is -0.492 e. The molecule has 0 aliphatic rings. The van der Waals surface area contributed by atoms with Crippen LogP contribution in [0.5, 0.6) is 5.75 Å². The number of hydrogen-bond acceptors (Lipinski definition) is 3. The average Bonchev–Trinajstić information content (AvgIpc) is 2.76. The molecule has 0 aliphatic carbocycles. The number of anilines is 1. The van der Waals surface area contributed by atoms with E-state index in [9.17, 15) is 0 Å². The van der Waals surface area contributed by atoms with E-state index in [-0.39, 0.29) is 0 Å². The molecule has 1 aromatic carbocycles. The van der Waals surface area contributed by atoms with Gasteiger partial charge < -0.3 is 15.0 Å². The van der Waals surface area contributed by atoms with Crippen LogP contribution in [0.25, 0.3) is 0 Å². The van der Waals surface area contributed by atoms with Gasteiger partial charge in [-0.2, -0.15) is 0 Å². The summed E-state index contributed by atoms with van der Waals surface area (Å²) in [5.74, 6) is 1.44. The second kappa shape index (κ2) is 6.27. The lowest BCUT2D eigenvalue weighted by molar-refractivity contribution is 0.296. The normalized spacial score (nSPS) is 10.9. The number of nitrogen functional groups attached to an aromatic ring is 1. The Kier molecular flexibility index (Phi) is 4.44. The number of nitrogens with zero attached hydrogens (tertiary/aromatic N) is 2. The van der Waals surface area contributed by atoms with Gasteiger partial charge in [-0.25, -0.2) is 4.98 Å². The van der Waals surface area contributed by atoms with Gasteiger partial charge in [-0.15, -0.1) is 0 Å². The summed E-state index contributed by atoms with van der Waals surface area (Å²) in [4.78, 5) is 4.20. The van der Waals surface area contributed by atoms with Crippen LogP contribution < -0.4 is 10.5 Å². The number of rotatable bonds is 6. The maximum atomic E-state index is 5.71. The van der Waals surface area contributed by atoms with E-state index in [2.05, 4.69) is 23.4 Å². The topological polar surface area (TPSA) is 53.1 Å². The number of benzene rings is 1. The lowest BCUT2D eigenvalue weighted by Crippen LogP contribution is -2.11. The Hall–Kier alpha value is -1.97. The largest absolute Gasteiger partial charge is 0.492 e.